The molecule has 0 heterocycles. The molecule has 1 aliphatic carbocycles. The number of hydrogen-bond donors (Lipinski definition) is 1. The van der Waals surface area contributed by atoms with Gasteiger partial charge in [-0.2, -0.15) is 0 Å². The summed E-state index contributed by atoms with van der Waals surface area (Å²) in [7, 11) is 0. The predicted octanol–water partition coefficient (Wildman–Crippen LogP) is 3.17. The summed E-state index contributed by atoms with van der Waals surface area (Å²) in [6.45, 7) is 2.88. The van der Waals surface area contributed by atoms with E-state index in [0.29, 0.717) is 6.10 Å². The summed E-state index contributed by atoms with van der Waals surface area (Å²) in [6, 6.07) is 10.6. The van der Waals surface area contributed by atoms with Crippen molar-refractivity contribution in [3.63, 3.8) is 0 Å². The van der Waals surface area contributed by atoms with Crippen molar-refractivity contribution in [3.05, 3.63) is 35.9 Å². The van der Waals surface area contributed by atoms with Crippen LogP contribution in [0.2, 0.25) is 0 Å². The molecule has 2 heteroatoms. The number of rotatable bonds is 7. The van der Waals surface area contributed by atoms with E-state index in [1.54, 1.807) is 0 Å². The van der Waals surface area contributed by atoms with Gasteiger partial charge in [-0.1, -0.05) is 49.6 Å². The highest BCUT2D eigenvalue weighted by atomic mass is 16.5. The van der Waals surface area contributed by atoms with Gasteiger partial charge in [-0.15, -0.1) is 0 Å². The average molecular weight is 247 g/mol. The Kier molecular flexibility index (Phi) is 6.24. The van der Waals surface area contributed by atoms with E-state index in [4.69, 9.17) is 4.74 Å². The number of hydrogen-bond acceptors (Lipinski definition) is 2. The van der Waals surface area contributed by atoms with E-state index < -0.39 is 0 Å². The van der Waals surface area contributed by atoms with Gasteiger partial charge in [0.15, 0.2) is 0 Å². The van der Waals surface area contributed by atoms with Crippen LogP contribution in [0, 0.1) is 0 Å². The van der Waals surface area contributed by atoms with E-state index in [9.17, 15) is 0 Å². The number of nitrogens with one attached hydrogen (secondary N) is 1. The smallest absolute Gasteiger partial charge is 0.0594 e. The third kappa shape index (κ3) is 5.19. The van der Waals surface area contributed by atoms with Gasteiger partial charge >= 0.3 is 0 Å². The molecule has 1 fully saturated rings. The van der Waals surface area contributed by atoms with Crippen LogP contribution in [-0.4, -0.2) is 25.8 Å². The topological polar surface area (TPSA) is 21.3 Å². The third-order valence-electron chi connectivity index (χ3n) is 3.62. The molecule has 18 heavy (non-hydrogen) atoms. The summed E-state index contributed by atoms with van der Waals surface area (Å²) in [5.41, 5.74) is 1.40. The molecule has 1 aromatic carbocycles. The Morgan fingerprint density at radius 1 is 1.00 bits per heavy atom. The second-order valence-electron chi connectivity index (χ2n) is 5.12. The van der Waals surface area contributed by atoms with Gasteiger partial charge < -0.3 is 10.1 Å². The van der Waals surface area contributed by atoms with E-state index in [0.717, 1.165) is 26.1 Å². The zero-order valence-electron chi connectivity index (χ0n) is 11.2. The molecule has 0 bridgehead atoms. The summed E-state index contributed by atoms with van der Waals surface area (Å²) in [4.78, 5) is 0. The highest BCUT2D eigenvalue weighted by Gasteiger charge is 2.12. The van der Waals surface area contributed by atoms with E-state index in [2.05, 4.69) is 35.6 Å². The maximum Gasteiger partial charge on any atom is 0.0594 e. The molecule has 1 aromatic rings. The average Bonchev–Trinajstić information content (AvgIpc) is 2.45. The van der Waals surface area contributed by atoms with Crippen molar-refractivity contribution in [2.75, 3.05) is 19.7 Å². The van der Waals surface area contributed by atoms with Gasteiger partial charge in [0, 0.05) is 6.54 Å². The summed E-state index contributed by atoms with van der Waals surface area (Å²) in [6.07, 6.45) is 8.28. The Hall–Kier alpha value is -0.860. The lowest BCUT2D eigenvalue weighted by atomic mass is 9.98. The summed E-state index contributed by atoms with van der Waals surface area (Å²) in [5, 5.41) is 3.45. The first-order valence-electron chi connectivity index (χ1n) is 7.31. The van der Waals surface area contributed by atoms with Crippen molar-refractivity contribution in [1.29, 1.82) is 0 Å². The second-order valence-corrected chi connectivity index (χ2v) is 5.12. The molecule has 1 saturated carbocycles. The Morgan fingerprint density at radius 3 is 2.56 bits per heavy atom. The minimum absolute atomic E-state index is 0.537. The molecule has 0 atom stereocenters. The Morgan fingerprint density at radius 2 is 1.78 bits per heavy atom. The van der Waals surface area contributed by atoms with Gasteiger partial charge in [0.1, 0.15) is 0 Å². The van der Waals surface area contributed by atoms with Gasteiger partial charge in [0.2, 0.25) is 0 Å². The molecule has 0 spiro atoms. The Bertz CT molecular complexity index is 306. The maximum atomic E-state index is 5.87. The first-order valence-corrected chi connectivity index (χ1v) is 7.31. The van der Waals surface area contributed by atoms with E-state index in [1.165, 1.54) is 37.7 Å². The fourth-order valence-electron chi connectivity index (χ4n) is 2.53. The lowest BCUT2D eigenvalue weighted by molar-refractivity contribution is 0.0304. The molecule has 1 aliphatic rings. The highest BCUT2D eigenvalue weighted by Crippen LogP contribution is 2.19. The maximum absolute atomic E-state index is 5.87. The molecule has 0 unspecified atom stereocenters. The van der Waals surface area contributed by atoms with Gasteiger partial charge in [0.25, 0.3) is 0 Å². The van der Waals surface area contributed by atoms with Gasteiger partial charge in [-0.25, -0.2) is 0 Å². The second kappa shape index (κ2) is 8.28. The van der Waals surface area contributed by atoms with Gasteiger partial charge in [-0.05, 0) is 31.4 Å². The molecule has 2 rings (SSSR count). The zero-order valence-corrected chi connectivity index (χ0v) is 11.2. The SMILES string of the molecule is c1ccc(CCNCCOC2CCCCC2)cc1. The van der Waals surface area contributed by atoms with E-state index in [-0.39, 0.29) is 0 Å². The van der Waals surface area contributed by atoms with E-state index in [1.807, 2.05) is 0 Å². The lowest BCUT2D eigenvalue weighted by Crippen LogP contribution is -2.25. The molecule has 0 amide bonds. The van der Waals surface area contributed by atoms with Crippen molar-refractivity contribution >= 4 is 0 Å². The van der Waals surface area contributed by atoms with Crippen LogP contribution in [0.15, 0.2) is 30.3 Å². The van der Waals surface area contributed by atoms with Crippen LogP contribution < -0.4 is 5.32 Å². The summed E-state index contributed by atoms with van der Waals surface area (Å²) >= 11 is 0. The molecule has 0 aromatic heterocycles. The molecule has 2 nitrogen and oxygen atoms in total. The molecule has 1 N–H and O–H groups in total. The quantitative estimate of drug-likeness (QED) is 0.747. The monoisotopic (exact) mass is 247 g/mol. The normalized spacial score (nSPS) is 16.9. The standard InChI is InChI=1S/C16H25NO/c1-3-7-15(8-4-1)11-12-17-13-14-18-16-9-5-2-6-10-16/h1,3-4,7-8,16-17H,2,5-6,9-14H2. The zero-order chi connectivity index (χ0) is 12.5. The molecular formula is C16H25NO. The molecule has 0 aliphatic heterocycles. The summed E-state index contributed by atoms with van der Waals surface area (Å²) in [5.74, 6) is 0. The lowest BCUT2D eigenvalue weighted by Gasteiger charge is -2.22. The number of benzene rings is 1. The van der Waals surface area contributed by atoms with Crippen LogP contribution in [0.25, 0.3) is 0 Å². The number of ether oxygens (including phenoxy) is 1. The summed E-state index contributed by atoms with van der Waals surface area (Å²) < 4.78 is 5.87. The fraction of sp³-hybridized carbons (Fsp3) is 0.625. The van der Waals surface area contributed by atoms with Crippen molar-refractivity contribution in [2.24, 2.45) is 0 Å². The molecule has 100 valence electrons. The highest BCUT2D eigenvalue weighted by molar-refractivity contribution is 5.14. The first-order chi connectivity index (χ1) is 8.95. The van der Waals surface area contributed by atoms with Crippen LogP contribution in [0.4, 0.5) is 0 Å². The Balaban J connectivity index is 1.46. The van der Waals surface area contributed by atoms with E-state index >= 15 is 0 Å². The molecule has 0 saturated heterocycles. The van der Waals surface area contributed by atoms with Crippen LogP contribution in [0.5, 0.6) is 0 Å². The minimum atomic E-state index is 0.537. The van der Waals surface area contributed by atoms with Crippen molar-refractivity contribution in [2.45, 2.75) is 44.6 Å². The predicted molar refractivity (Wildman–Crippen MR) is 75.8 cm³/mol. The molecular weight excluding hydrogens is 222 g/mol. The van der Waals surface area contributed by atoms with Crippen LogP contribution in [0.1, 0.15) is 37.7 Å². The molecule has 0 radical (unpaired) electrons. The first kappa shape index (κ1) is 13.6. The fourth-order valence-corrected chi connectivity index (χ4v) is 2.53. The van der Waals surface area contributed by atoms with Crippen LogP contribution in [-0.2, 0) is 11.2 Å². The van der Waals surface area contributed by atoms with Crippen molar-refractivity contribution < 1.29 is 4.74 Å². The third-order valence-corrected chi connectivity index (χ3v) is 3.62. The van der Waals surface area contributed by atoms with Gasteiger partial charge in [0.05, 0.1) is 12.7 Å². The van der Waals surface area contributed by atoms with Crippen molar-refractivity contribution in [3.8, 4) is 0 Å². The van der Waals surface area contributed by atoms with Crippen LogP contribution >= 0.6 is 0 Å². The minimum Gasteiger partial charge on any atom is -0.377 e. The largest absolute Gasteiger partial charge is 0.377 e. The Labute approximate surface area is 111 Å². The van der Waals surface area contributed by atoms with Crippen LogP contribution in [0.3, 0.4) is 0 Å². The van der Waals surface area contributed by atoms with Gasteiger partial charge in [-0.3, -0.25) is 0 Å². The van der Waals surface area contributed by atoms with Crippen molar-refractivity contribution in [1.82, 2.24) is 5.32 Å².